The Hall–Kier alpha value is -3.44. The molecule has 0 radical (unpaired) electrons. The summed E-state index contributed by atoms with van der Waals surface area (Å²) in [5.74, 6) is 0.240. The molecule has 0 bridgehead atoms. The molecule has 3 aromatic rings. The molecule has 0 atom stereocenters. The molecular weight excluding hydrogens is 455 g/mol. The van der Waals surface area contributed by atoms with Gasteiger partial charge in [0, 0.05) is 11.8 Å². The number of carbonyl (C=O) groups is 2. The highest BCUT2D eigenvalue weighted by Crippen LogP contribution is 2.28. The molecule has 3 rings (SSSR count). The van der Waals surface area contributed by atoms with E-state index in [4.69, 9.17) is 9.47 Å². The molecule has 32 heavy (non-hydrogen) atoms. The van der Waals surface area contributed by atoms with Crippen LogP contribution in [-0.2, 0) is 9.59 Å². The maximum absolute atomic E-state index is 12.9. The number of methoxy groups -OCH3 is 2. The third-order valence-corrected chi connectivity index (χ3v) is 5.90. The molecule has 0 unspecified atom stereocenters. The van der Waals surface area contributed by atoms with Gasteiger partial charge >= 0.3 is 0 Å². The van der Waals surface area contributed by atoms with E-state index in [1.54, 1.807) is 31.4 Å². The first kappa shape index (κ1) is 23.2. The predicted octanol–water partition coefficient (Wildman–Crippen LogP) is 4.08. The summed E-state index contributed by atoms with van der Waals surface area (Å²) in [5, 5.41) is 13.5. The maximum atomic E-state index is 12.9. The van der Waals surface area contributed by atoms with Crippen molar-refractivity contribution in [3.63, 3.8) is 0 Å². The van der Waals surface area contributed by atoms with Gasteiger partial charge in [-0.1, -0.05) is 29.2 Å². The summed E-state index contributed by atoms with van der Waals surface area (Å²) < 4.78 is 23.9. The number of anilines is 2. The van der Waals surface area contributed by atoms with Crippen LogP contribution in [-0.4, -0.2) is 42.0 Å². The van der Waals surface area contributed by atoms with E-state index in [1.165, 1.54) is 49.2 Å². The van der Waals surface area contributed by atoms with E-state index in [0.29, 0.717) is 26.7 Å². The highest BCUT2D eigenvalue weighted by molar-refractivity contribution is 8.01. The smallest absolute Gasteiger partial charge is 0.250 e. The van der Waals surface area contributed by atoms with Crippen LogP contribution >= 0.6 is 23.1 Å². The largest absolute Gasteiger partial charge is 0.493 e. The van der Waals surface area contributed by atoms with Gasteiger partial charge in [0.05, 0.1) is 20.0 Å². The Morgan fingerprint density at radius 1 is 1.06 bits per heavy atom. The fourth-order valence-electron chi connectivity index (χ4n) is 2.45. The molecule has 8 nitrogen and oxygen atoms in total. The van der Waals surface area contributed by atoms with E-state index < -0.39 is 0 Å². The van der Waals surface area contributed by atoms with Crippen LogP contribution in [0.5, 0.6) is 11.5 Å². The Balaban J connectivity index is 1.49. The number of halogens is 1. The van der Waals surface area contributed by atoms with Gasteiger partial charge < -0.3 is 14.8 Å². The van der Waals surface area contributed by atoms with Gasteiger partial charge in [-0.25, -0.2) is 4.39 Å². The zero-order chi connectivity index (χ0) is 22.9. The predicted molar refractivity (Wildman–Crippen MR) is 123 cm³/mol. The van der Waals surface area contributed by atoms with Gasteiger partial charge in [-0.05, 0) is 48.0 Å². The molecule has 0 aliphatic carbocycles. The van der Waals surface area contributed by atoms with Crippen molar-refractivity contribution in [3.8, 4) is 11.5 Å². The molecule has 0 aliphatic rings. The van der Waals surface area contributed by atoms with Crippen molar-refractivity contribution in [2.45, 2.75) is 4.34 Å². The molecule has 166 valence electrons. The van der Waals surface area contributed by atoms with Crippen LogP contribution in [0.25, 0.3) is 6.08 Å². The Kier molecular flexibility index (Phi) is 8.17. The average molecular weight is 475 g/mol. The number of ether oxygens (including phenoxy) is 2. The molecule has 2 amide bonds. The lowest BCUT2D eigenvalue weighted by Gasteiger charge is -2.07. The minimum absolute atomic E-state index is 0.0964. The zero-order valence-corrected chi connectivity index (χ0v) is 18.8. The summed E-state index contributed by atoms with van der Waals surface area (Å²) in [5.41, 5.74) is 1.27. The van der Waals surface area contributed by atoms with Gasteiger partial charge in [-0.2, -0.15) is 0 Å². The van der Waals surface area contributed by atoms with E-state index in [9.17, 15) is 14.0 Å². The van der Waals surface area contributed by atoms with Crippen molar-refractivity contribution in [1.82, 2.24) is 10.2 Å². The zero-order valence-electron chi connectivity index (χ0n) is 17.1. The molecule has 2 aromatic carbocycles. The molecular formula is C21H19FN4O4S2. The number of thioether (sulfide) groups is 1. The number of aromatic nitrogens is 2. The van der Waals surface area contributed by atoms with Crippen LogP contribution in [0, 0.1) is 5.82 Å². The molecule has 1 heterocycles. The second kappa shape index (κ2) is 11.3. The van der Waals surface area contributed by atoms with Gasteiger partial charge in [0.2, 0.25) is 16.9 Å². The second-order valence-electron chi connectivity index (χ2n) is 6.15. The van der Waals surface area contributed by atoms with Gasteiger partial charge in [0.15, 0.2) is 15.8 Å². The second-order valence-corrected chi connectivity index (χ2v) is 8.35. The van der Waals surface area contributed by atoms with Crippen molar-refractivity contribution >= 4 is 51.8 Å². The van der Waals surface area contributed by atoms with Gasteiger partial charge in [0.1, 0.15) is 5.82 Å². The topological polar surface area (TPSA) is 102 Å². The fourth-order valence-corrected chi connectivity index (χ4v) is 4.01. The lowest BCUT2D eigenvalue weighted by Crippen LogP contribution is -2.13. The van der Waals surface area contributed by atoms with E-state index in [1.807, 2.05) is 0 Å². The number of rotatable bonds is 9. The number of amides is 2. The summed E-state index contributed by atoms with van der Waals surface area (Å²) in [6, 6.07) is 10.8. The van der Waals surface area contributed by atoms with Gasteiger partial charge in [0.25, 0.3) is 0 Å². The van der Waals surface area contributed by atoms with E-state index in [2.05, 4.69) is 20.8 Å². The third-order valence-electron chi connectivity index (χ3n) is 3.93. The van der Waals surface area contributed by atoms with Crippen LogP contribution in [0.15, 0.2) is 52.9 Å². The quantitative estimate of drug-likeness (QED) is 0.274. The molecule has 1 aromatic heterocycles. The summed E-state index contributed by atoms with van der Waals surface area (Å²) >= 11 is 2.33. The van der Waals surface area contributed by atoms with Crippen molar-refractivity contribution in [2.24, 2.45) is 0 Å². The SMILES string of the molecule is COc1ccc(/C=C/C(=O)Nc2nnc(SCC(=O)Nc3ccc(F)cc3)s2)cc1OC. The summed E-state index contributed by atoms with van der Waals surface area (Å²) in [7, 11) is 3.09. The van der Waals surface area contributed by atoms with Gasteiger partial charge in [-0.15, -0.1) is 10.2 Å². The van der Waals surface area contributed by atoms with Crippen molar-refractivity contribution < 1.29 is 23.5 Å². The third kappa shape index (κ3) is 6.79. The first-order valence-corrected chi connectivity index (χ1v) is 11.0. The standard InChI is InChI=1S/C21H19FN4O4S2/c1-29-16-9-3-13(11-17(16)30-2)4-10-18(27)24-20-25-26-21(32-20)31-12-19(28)23-15-7-5-14(22)6-8-15/h3-11H,12H2,1-2H3,(H,23,28)(H,24,25,27)/b10-4+. The molecule has 2 N–H and O–H groups in total. The number of benzene rings is 2. The van der Waals surface area contributed by atoms with Crippen LogP contribution in [0.4, 0.5) is 15.2 Å². The highest BCUT2D eigenvalue weighted by Gasteiger charge is 2.10. The van der Waals surface area contributed by atoms with Crippen molar-refractivity contribution in [3.05, 3.63) is 59.9 Å². The summed E-state index contributed by atoms with van der Waals surface area (Å²) in [4.78, 5) is 24.1. The highest BCUT2D eigenvalue weighted by atomic mass is 32.2. The lowest BCUT2D eigenvalue weighted by atomic mass is 10.2. The van der Waals surface area contributed by atoms with E-state index >= 15 is 0 Å². The number of hydrogen-bond donors (Lipinski definition) is 2. The molecule has 0 saturated heterocycles. The number of nitrogens with zero attached hydrogens (tertiary/aromatic N) is 2. The molecule has 0 spiro atoms. The molecule has 0 fully saturated rings. The number of carbonyl (C=O) groups excluding carboxylic acids is 2. The first-order chi connectivity index (χ1) is 15.5. The molecule has 0 saturated carbocycles. The Bertz CT molecular complexity index is 1120. The normalized spacial score (nSPS) is 10.7. The van der Waals surface area contributed by atoms with E-state index in [0.717, 1.165) is 16.9 Å². The van der Waals surface area contributed by atoms with Gasteiger partial charge in [-0.3, -0.25) is 14.9 Å². The Labute approximate surface area is 191 Å². The summed E-state index contributed by atoms with van der Waals surface area (Å²) in [6.45, 7) is 0. The van der Waals surface area contributed by atoms with Crippen LogP contribution in [0.3, 0.4) is 0 Å². The Morgan fingerprint density at radius 2 is 1.81 bits per heavy atom. The van der Waals surface area contributed by atoms with Crippen molar-refractivity contribution in [1.29, 1.82) is 0 Å². The maximum Gasteiger partial charge on any atom is 0.250 e. The monoisotopic (exact) mass is 474 g/mol. The minimum atomic E-state index is -0.376. The first-order valence-electron chi connectivity index (χ1n) is 9.19. The van der Waals surface area contributed by atoms with Crippen LogP contribution in [0.2, 0.25) is 0 Å². The van der Waals surface area contributed by atoms with Crippen molar-refractivity contribution in [2.75, 3.05) is 30.6 Å². The minimum Gasteiger partial charge on any atom is -0.493 e. The number of nitrogens with one attached hydrogen (secondary N) is 2. The molecule has 0 aliphatic heterocycles. The molecule has 11 heteroatoms. The Morgan fingerprint density at radius 3 is 2.53 bits per heavy atom. The summed E-state index contributed by atoms with van der Waals surface area (Å²) in [6.07, 6.45) is 3.00. The van der Waals surface area contributed by atoms with E-state index in [-0.39, 0.29) is 23.4 Å². The number of hydrogen-bond acceptors (Lipinski definition) is 8. The average Bonchev–Trinajstić information content (AvgIpc) is 3.24. The van der Waals surface area contributed by atoms with Crippen LogP contribution in [0.1, 0.15) is 5.56 Å². The van der Waals surface area contributed by atoms with Crippen LogP contribution < -0.4 is 20.1 Å². The fraction of sp³-hybridized carbons (Fsp3) is 0.143. The lowest BCUT2D eigenvalue weighted by molar-refractivity contribution is -0.114.